The molecule has 0 heteroatoms. The van der Waals surface area contributed by atoms with Crippen LogP contribution in [0.2, 0.25) is 0 Å². The highest BCUT2D eigenvalue weighted by Gasteiger charge is 2.25. The molecule has 0 aromatic heterocycles. The summed E-state index contributed by atoms with van der Waals surface area (Å²) in [6, 6.07) is 0. The summed E-state index contributed by atoms with van der Waals surface area (Å²) < 4.78 is 0. The number of allylic oxidation sites excluding steroid dienone is 10. The molecule has 19 heavy (non-hydrogen) atoms. The van der Waals surface area contributed by atoms with Gasteiger partial charge in [0.15, 0.2) is 0 Å². The fourth-order valence-corrected chi connectivity index (χ4v) is 2.50. The molecule has 0 aliphatic heterocycles. The first-order chi connectivity index (χ1) is 9.45. The Hall–Kier alpha value is -1.56. The van der Waals surface area contributed by atoms with E-state index in [0.717, 1.165) is 24.7 Å². The Morgan fingerprint density at radius 1 is 0.632 bits per heavy atom. The molecule has 0 saturated heterocycles. The van der Waals surface area contributed by atoms with Crippen LogP contribution in [0.15, 0.2) is 73.9 Å². The number of hydrogen-bond acceptors (Lipinski definition) is 0. The Labute approximate surface area is 118 Å². The van der Waals surface area contributed by atoms with Crippen LogP contribution in [0, 0.1) is 11.8 Å². The highest BCUT2D eigenvalue weighted by Crippen LogP contribution is 2.38. The smallest absolute Gasteiger partial charge is 0.0163 e. The van der Waals surface area contributed by atoms with E-state index in [1.165, 1.54) is 19.3 Å². The number of rotatable bonds is 0. The van der Waals surface area contributed by atoms with Crippen LogP contribution in [0.1, 0.15) is 32.1 Å². The van der Waals surface area contributed by atoms with Crippen molar-refractivity contribution in [2.24, 2.45) is 11.8 Å². The number of hydrogen-bond donors (Lipinski definition) is 0. The van der Waals surface area contributed by atoms with Crippen molar-refractivity contribution >= 4 is 0 Å². The summed E-state index contributed by atoms with van der Waals surface area (Å²) in [5.74, 6) is 1.98. The SMILES string of the molecule is C1=CC2CCC1C2.C1=CCC=C1.C1=CCC=C1.C=C. The average molecular weight is 254 g/mol. The quantitative estimate of drug-likeness (QED) is 0.481. The summed E-state index contributed by atoms with van der Waals surface area (Å²) in [7, 11) is 0. The van der Waals surface area contributed by atoms with Gasteiger partial charge in [0.1, 0.15) is 0 Å². The molecule has 102 valence electrons. The molecular weight excluding hydrogens is 228 g/mol. The van der Waals surface area contributed by atoms with Crippen molar-refractivity contribution in [1.82, 2.24) is 0 Å². The maximum Gasteiger partial charge on any atom is -0.0163 e. The summed E-state index contributed by atoms with van der Waals surface area (Å²) >= 11 is 0. The first-order valence-corrected chi connectivity index (χ1v) is 7.27. The zero-order chi connectivity index (χ0) is 13.8. The van der Waals surface area contributed by atoms with Crippen molar-refractivity contribution < 1.29 is 0 Å². The third kappa shape index (κ3) is 6.81. The Morgan fingerprint density at radius 2 is 1.00 bits per heavy atom. The molecule has 2 bridgehead atoms. The largest absolute Gasteiger partial charge is 0.106 e. The summed E-state index contributed by atoms with van der Waals surface area (Å²) in [5, 5.41) is 0. The molecule has 4 rings (SSSR count). The zero-order valence-corrected chi connectivity index (χ0v) is 11.9. The highest BCUT2D eigenvalue weighted by atomic mass is 14.3. The average Bonchev–Trinajstić information content (AvgIpc) is 3.30. The van der Waals surface area contributed by atoms with E-state index in [-0.39, 0.29) is 0 Å². The van der Waals surface area contributed by atoms with Gasteiger partial charge in [-0.15, -0.1) is 13.2 Å². The molecule has 2 unspecified atom stereocenters. The third-order valence-electron chi connectivity index (χ3n) is 3.48. The van der Waals surface area contributed by atoms with Crippen molar-refractivity contribution in [3.05, 3.63) is 73.9 Å². The summed E-state index contributed by atoms with van der Waals surface area (Å²) in [6.45, 7) is 6.00. The molecule has 0 radical (unpaired) electrons. The van der Waals surface area contributed by atoms with Crippen LogP contribution in [-0.2, 0) is 0 Å². The summed E-state index contributed by atoms with van der Waals surface area (Å²) in [6.07, 6.45) is 28.2. The fourth-order valence-electron chi connectivity index (χ4n) is 2.50. The first kappa shape index (κ1) is 15.5. The molecule has 0 heterocycles. The fraction of sp³-hybridized carbons (Fsp3) is 0.368. The minimum absolute atomic E-state index is 0.991. The van der Waals surface area contributed by atoms with Crippen molar-refractivity contribution in [2.75, 3.05) is 0 Å². The van der Waals surface area contributed by atoms with Crippen LogP contribution in [0.5, 0.6) is 0 Å². The summed E-state index contributed by atoms with van der Waals surface area (Å²) in [5.41, 5.74) is 0. The van der Waals surface area contributed by atoms with E-state index < -0.39 is 0 Å². The minimum atomic E-state index is 0.991. The molecule has 1 fully saturated rings. The molecule has 4 aliphatic carbocycles. The highest BCUT2D eigenvalue weighted by molar-refractivity contribution is 5.12. The third-order valence-corrected chi connectivity index (χ3v) is 3.48. The second kappa shape index (κ2) is 10.4. The molecule has 0 N–H and O–H groups in total. The lowest BCUT2D eigenvalue weighted by Gasteiger charge is -1.96. The standard InChI is InChI=1S/C7H10.2C5H6.C2H4/c1-2-7-4-3-6(1)5-7;2*1-2-4-5-3-1;1-2/h1-2,6-7H,3-5H2;2*1-4H,5H2;1-2H2. The van der Waals surface area contributed by atoms with E-state index in [1.54, 1.807) is 0 Å². The van der Waals surface area contributed by atoms with Crippen molar-refractivity contribution in [1.29, 1.82) is 0 Å². The van der Waals surface area contributed by atoms with E-state index in [1.807, 2.05) is 0 Å². The van der Waals surface area contributed by atoms with Crippen molar-refractivity contribution in [3.63, 3.8) is 0 Å². The van der Waals surface area contributed by atoms with Gasteiger partial charge in [0, 0.05) is 0 Å². The zero-order valence-electron chi connectivity index (χ0n) is 11.9. The van der Waals surface area contributed by atoms with Crippen LogP contribution < -0.4 is 0 Å². The lowest BCUT2D eigenvalue weighted by molar-refractivity contribution is 0.691. The Balaban J connectivity index is 0.000000137. The molecule has 1 saturated carbocycles. The molecule has 2 atom stereocenters. The van der Waals surface area contributed by atoms with Gasteiger partial charge in [0.25, 0.3) is 0 Å². The predicted octanol–water partition coefficient (Wildman–Crippen LogP) is 5.78. The van der Waals surface area contributed by atoms with Gasteiger partial charge in [0.05, 0.1) is 0 Å². The normalized spacial score (nSPS) is 26.3. The van der Waals surface area contributed by atoms with Crippen molar-refractivity contribution in [2.45, 2.75) is 32.1 Å². The van der Waals surface area contributed by atoms with Gasteiger partial charge in [-0.05, 0) is 43.9 Å². The van der Waals surface area contributed by atoms with Gasteiger partial charge in [-0.1, -0.05) is 60.8 Å². The van der Waals surface area contributed by atoms with Gasteiger partial charge < -0.3 is 0 Å². The molecule has 4 aliphatic rings. The van der Waals surface area contributed by atoms with Gasteiger partial charge in [-0.2, -0.15) is 0 Å². The predicted molar refractivity (Wildman–Crippen MR) is 87.0 cm³/mol. The molecule has 0 aromatic carbocycles. The Morgan fingerprint density at radius 3 is 1.11 bits per heavy atom. The van der Waals surface area contributed by atoms with E-state index in [2.05, 4.69) is 73.9 Å². The molecule has 0 spiro atoms. The van der Waals surface area contributed by atoms with Crippen LogP contribution in [0.3, 0.4) is 0 Å². The first-order valence-electron chi connectivity index (χ1n) is 7.27. The monoisotopic (exact) mass is 254 g/mol. The van der Waals surface area contributed by atoms with Gasteiger partial charge in [-0.25, -0.2) is 0 Å². The second-order valence-corrected chi connectivity index (χ2v) is 4.90. The van der Waals surface area contributed by atoms with E-state index in [0.29, 0.717) is 0 Å². The van der Waals surface area contributed by atoms with Gasteiger partial charge in [-0.3, -0.25) is 0 Å². The van der Waals surface area contributed by atoms with Crippen LogP contribution >= 0.6 is 0 Å². The molecule has 0 amide bonds. The second-order valence-electron chi connectivity index (χ2n) is 4.90. The summed E-state index contributed by atoms with van der Waals surface area (Å²) in [4.78, 5) is 0. The molecule has 0 aromatic rings. The van der Waals surface area contributed by atoms with E-state index >= 15 is 0 Å². The van der Waals surface area contributed by atoms with E-state index in [4.69, 9.17) is 0 Å². The maximum absolute atomic E-state index is 3.00. The lowest BCUT2D eigenvalue weighted by Crippen LogP contribution is -1.82. The van der Waals surface area contributed by atoms with Crippen molar-refractivity contribution in [3.8, 4) is 0 Å². The van der Waals surface area contributed by atoms with Crippen LogP contribution in [0.4, 0.5) is 0 Å². The van der Waals surface area contributed by atoms with Gasteiger partial charge >= 0.3 is 0 Å². The lowest BCUT2D eigenvalue weighted by atomic mass is 10.1. The topological polar surface area (TPSA) is 0 Å². The Bertz CT molecular complexity index is 311. The Kier molecular flexibility index (Phi) is 8.46. The van der Waals surface area contributed by atoms with Crippen LogP contribution in [-0.4, -0.2) is 0 Å². The maximum atomic E-state index is 3.00. The van der Waals surface area contributed by atoms with E-state index in [9.17, 15) is 0 Å². The van der Waals surface area contributed by atoms with Gasteiger partial charge in [0.2, 0.25) is 0 Å². The molecular formula is C19H26. The number of fused-ring (bicyclic) bond motifs is 2. The van der Waals surface area contributed by atoms with Crippen LogP contribution in [0.25, 0.3) is 0 Å². The molecule has 0 nitrogen and oxygen atoms in total. The minimum Gasteiger partial charge on any atom is -0.106 e.